The molecule has 21 heavy (non-hydrogen) atoms. The number of benzene rings is 1. The Balaban J connectivity index is 1.99. The van der Waals surface area contributed by atoms with Crippen molar-refractivity contribution in [1.29, 1.82) is 0 Å². The fourth-order valence-corrected chi connectivity index (χ4v) is 3.03. The highest BCUT2D eigenvalue weighted by molar-refractivity contribution is 5.96. The molecule has 0 saturated heterocycles. The molecule has 0 radical (unpaired) electrons. The highest BCUT2D eigenvalue weighted by Crippen LogP contribution is 2.26. The summed E-state index contributed by atoms with van der Waals surface area (Å²) in [6.07, 6.45) is 7.77. The lowest BCUT2D eigenvalue weighted by molar-refractivity contribution is -0.117. The van der Waals surface area contributed by atoms with Gasteiger partial charge in [0.2, 0.25) is 5.91 Å². The Morgan fingerprint density at radius 2 is 1.86 bits per heavy atom. The van der Waals surface area contributed by atoms with Crippen LogP contribution in [0.2, 0.25) is 0 Å². The van der Waals surface area contributed by atoms with E-state index in [1.54, 1.807) is 25.1 Å². The lowest BCUT2D eigenvalue weighted by Gasteiger charge is -2.15. The first-order valence-corrected chi connectivity index (χ1v) is 7.70. The van der Waals surface area contributed by atoms with Crippen molar-refractivity contribution in [2.75, 3.05) is 5.32 Å². The fourth-order valence-electron chi connectivity index (χ4n) is 3.03. The monoisotopic (exact) mass is 289 g/mol. The predicted molar refractivity (Wildman–Crippen MR) is 82.6 cm³/mol. The molecule has 0 atom stereocenters. The lowest BCUT2D eigenvalue weighted by Crippen LogP contribution is -2.17. The van der Waals surface area contributed by atoms with Gasteiger partial charge >= 0.3 is 5.97 Å². The minimum absolute atomic E-state index is 0.00691. The number of amides is 1. The predicted octanol–water partition coefficient (Wildman–Crippen LogP) is 3.99. The number of aromatic carboxylic acids is 1. The van der Waals surface area contributed by atoms with Crippen molar-refractivity contribution >= 4 is 17.6 Å². The van der Waals surface area contributed by atoms with Crippen molar-refractivity contribution in [2.24, 2.45) is 5.92 Å². The van der Waals surface area contributed by atoms with Crippen molar-refractivity contribution < 1.29 is 14.7 Å². The molecular formula is C17H23NO3. The van der Waals surface area contributed by atoms with Gasteiger partial charge in [-0.1, -0.05) is 31.7 Å². The molecule has 1 saturated carbocycles. The number of nitrogens with one attached hydrogen (secondary N) is 1. The Hall–Kier alpha value is -1.84. The summed E-state index contributed by atoms with van der Waals surface area (Å²) < 4.78 is 0. The zero-order chi connectivity index (χ0) is 15.2. The number of carboxylic acids is 1. The number of carbonyl (C=O) groups excluding carboxylic acids is 1. The second-order valence-electron chi connectivity index (χ2n) is 5.89. The summed E-state index contributed by atoms with van der Waals surface area (Å²) in [5.41, 5.74) is 1.45. The zero-order valence-electron chi connectivity index (χ0n) is 12.5. The topological polar surface area (TPSA) is 66.4 Å². The number of anilines is 1. The Morgan fingerprint density at radius 1 is 1.19 bits per heavy atom. The van der Waals surface area contributed by atoms with Gasteiger partial charge in [-0.05, 0) is 43.4 Å². The summed E-state index contributed by atoms with van der Waals surface area (Å²) in [5.74, 6) is -0.504. The van der Waals surface area contributed by atoms with Gasteiger partial charge in [-0.2, -0.15) is 0 Å². The molecule has 0 aliphatic heterocycles. The third-order valence-electron chi connectivity index (χ3n) is 4.29. The van der Waals surface area contributed by atoms with E-state index >= 15 is 0 Å². The maximum atomic E-state index is 12.2. The van der Waals surface area contributed by atoms with E-state index in [0.717, 1.165) is 12.8 Å². The average Bonchev–Trinajstić information content (AvgIpc) is 2.69. The minimum Gasteiger partial charge on any atom is -0.478 e. The highest BCUT2D eigenvalue weighted by atomic mass is 16.4. The first-order valence-electron chi connectivity index (χ1n) is 7.70. The van der Waals surface area contributed by atoms with E-state index in [-0.39, 0.29) is 11.5 Å². The third kappa shape index (κ3) is 4.31. The molecular weight excluding hydrogens is 266 g/mol. The highest BCUT2D eigenvalue weighted by Gasteiger charge is 2.17. The van der Waals surface area contributed by atoms with E-state index in [2.05, 4.69) is 5.32 Å². The number of hydrogen-bond donors (Lipinski definition) is 2. The van der Waals surface area contributed by atoms with Gasteiger partial charge in [-0.15, -0.1) is 0 Å². The van der Waals surface area contributed by atoms with Crippen molar-refractivity contribution in [1.82, 2.24) is 0 Å². The van der Waals surface area contributed by atoms with Gasteiger partial charge in [0.15, 0.2) is 0 Å². The Labute approximate surface area is 125 Å². The molecule has 1 fully saturated rings. The zero-order valence-corrected chi connectivity index (χ0v) is 12.5. The Kier molecular flexibility index (Phi) is 5.37. The van der Waals surface area contributed by atoms with Crippen LogP contribution in [-0.2, 0) is 4.79 Å². The van der Waals surface area contributed by atoms with Gasteiger partial charge in [0.25, 0.3) is 0 Å². The van der Waals surface area contributed by atoms with Crippen LogP contribution in [-0.4, -0.2) is 17.0 Å². The molecule has 0 unspecified atom stereocenters. The number of hydrogen-bond acceptors (Lipinski definition) is 2. The molecule has 2 rings (SSSR count). The summed E-state index contributed by atoms with van der Waals surface area (Å²) in [6, 6.07) is 4.98. The van der Waals surface area contributed by atoms with Crippen molar-refractivity contribution in [3.8, 4) is 0 Å². The van der Waals surface area contributed by atoms with Gasteiger partial charge in [-0.3, -0.25) is 4.79 Å². The van der Waals surface area contributed by atoms with E-state index < -0.39 is 5.97 Å². The second-order valence-corrected chi connectivity index (χ2v) is 5.89. The van der Waals surface area contributed by atoms with Crippen LogP contribution in [0.25, 0.3) is 0 Å². The van der Waals surface area contributed by atoms with Crippen LogP contribution >= 0.6 is 0 Å². The lowest BCUT2D eigenvalue weighted by atomic mass is 9.96. The van der Waals surface area contributed by atoms with Crippen LogP contribution in [0.3, 0.4) is 0 Å². The van der Waals surface area contributed by atoms with E-state index in [1.165, 1.54) is 25.7 Å². The molecule has 2 N–H and O–H groups in total. The van der Waals surface area contributed by atoms with Gasteiger partial charge in [-0.25, -0.2) is 4.79 Å². The standard InChI is InChI=1S/C17H23NO3/c1-12-14(17(20)21)9-6-10-15(12)18-16(19)11-13-7-4-2-3-5-8-13/h6,9-10,13H,2-5,7-8,11H2,1H3,(H,18,19)(H,20,21). The molecule has 1 aliphatic carbocycles. The SMILES string of the molecule is Cc1c(NC(=O)CC2CCCCCC2)cccc1C(=O)O. The minimum atomic E-state index is -0.965. The van der Waals surface area contributed by atoms with E-state index in [1.807, 2.05) is 0 Å². The molecule has 1 aromatic carbocycles. The smallest absolute Gasteiger partial charge is 0.336 e. The van der Waals surface area contributed by atoms with Crippen molar-refractivity contribution in [3.05, 3.63) is 29.3 Å². The summed E-state index contributed by atoms with van der Waals surface area (Å²) >= 11 is 0. The number of carboxylic acid groups (broad SMARTS) is 1. The van der Waals surface area contributed by atoms with Gasteiger partial charge in [0.05, 0.1) is 5.56 Å². The van der Waals surface area contributed by atoms with Crippen LogP contribution in [0, 0.1) is 12.8 Å². The van der Waals surface area contributed by atoms with Crippen LogP contribution < -0.4 is 5.32 Å². The van der Waals surface area contributed by atoms with Gasteiger partial charge in [0, 0.05) is 12.1 Å². The molecule has 114 valence electrons. The molecule has 0 aromatic heterocycles. The van der Waals surface area contributed by atoms with Crippen LogP contribution in [0.1, 0.15) is 60.9 Å². The van der Waals surface area contributed by atoms with E-state index in [9.17, 15) is 9.59 Å². The van der Waals surface area contributed by atoms with Crippen LogP contribution in [0.4, 0.5) is 5.69 Å². The maximum Gasteiger partial charge on any atom is 0.336 e. The molecule has 0 heterocycles. The quantitative estimate of drug-likeness (QED) is 0.823. The molecule has 4 nitrogen and oxygen atoms in total. The summed E-state index contributed by atoms with van der Waals surface area (Å²) in [4.78, 5) is 23.3. The summed E-state index contributed by atoms with van der Waals surface area (Å²) in [7, 11) is 0. The normalized spacial score (nSPS) is 16.2. The molecule has 0 bridgehead atoms. The number of carbonyl (C=O) groups is 2. The molecule has 4 heteroatoms. The van der Waals surface area contributed by atoms with Crippen molar-refractivity contribution in [3.63, 3.8) is 0 Å². The van der Waals surface area contributed by atoms with Crippen LogP contribution in [0.15, 0.2) is 18.2 Å². The first kappa shape index (κ1) is 15.5. The molecule has 1 amide bonds. The van der Waals surface area contributed by atoms with Gasteiger partial charge < -0.3 is 10.4 Å². The van der Waals surface area contributed by atoms with Crippen LogP contribution in [0.5, 0.6) is 0 Å². The largest absolute Gasteiger partial charge is 0.478 e. The molecule has 0 spiro atoms. The van der Waals surface area contributed by atoms with Gasteiger partial charge in [0.1, 0.15) is 0 Å². The van der Waals surface area contributed by atoms with E-state index in [0.29, 0.717) is 23.6 Å². The Morgan fingerprint density at radius 3 is 2.48 bits per heavy atom. The van der Waals surface area contributed by atoms with Crippen molar-refractivity contribution in [2.45, 2.75) is 51.9 Å². The maximum absolute atomic E-state index is 12.2. The summed E-state index contributed by atoms with van der Waals surface area (Å²) in [5, 5.41) is 12.0. The Bertz CT molecular complexity index is 517. The molecule has 1 aliphatic rings. The van der Waals surface area contributed by atoms with E-state index in [4.69, 9.17) is 5.11 Å². The first-order chi connectivity index (χ1) is 10.1. The fraction of sp³-hybridized carbons (Fsp3) is 0.529. The second kappa shape index (κ2) is 7.25. The summed E-state index contributed by atoms with van der Waals surface area (Å²) in [6.45, 7) is 1.73. The number of rotatable bonds is 4. The average molecular weight is 289 g/mol. The third-order valence-corrected chi connectivity index (χ3v) is 4.29. The molecule has 1 aromatic rings.